The highest BCUT2D eigenvalue weighted by Crippen LogP contribution is 2.40. The minimum Gasteiger partial charge on any atom is -0.476 e. The van der Waals surface area contributed by atoms with E-state index in [1.165, 1.54) is 5.56 Å². The average molecular weight is 335 g/mol. The van der Waals surface area contributed by atoms with E-state index in [1.54, 1.807) is 6.07 Å². The summed E-state index contributed by atoms with van der Waals surface area (Å²) in [7, 11) is 0. The zero-order chi connectivity index (χ0) is 14.1. The van der Waals surface area contributed by atoms with Crippen molar-refractivity contribution in [1.82, 2.24) is 9.78 Å². The Hall–Kier alpha value is -1.62. The fourth-order valence-electron chi connectivity index (χ4n) is 2.35. The molecule has 0 amide bonds. The summed E-state index contributed by atoms with van der Waals surface area (Å²) in [4.78, 5) is 11.1. The maximum absolute atomic E-state index is 11.1. The molecule has 0 unspecified atom stereocenters. The Morgan fingerprint density at radius 3 is 2.80 bits per heavy atom. The monoisotopic (exact) mass is 334 g/mol. The van der Waals surface area contributed by atoms with Crippen LogP contribution in [-0.2, 0) is 13.0 Å². The lowest BCUT2D eigenvalue weighted by Crippen LogP contribution is -2.08. The molecule has 0 atom stereocenters. The second-order valence-corrected chi connectivity index (χ2v) is 5.95. The van der Waals surface area contributed by atoms with Gasteiger partial charge in [-0.15, -0.1) is 0 Å². The van der Waals surface area contributed by atoms with Crippen molar-refractivity contribution in [2.24, 2.45) is 0 Å². The van der Waals surface area contributed by atoms with Crippen molar-refractivity contribution in [2.75, 3.05) is 0 Å². The maximum Gasteiger partial charge on any atom is 0.356 e. The molecule has 1 aromatic heterocycles. The molecule has 20 heavy (non-hydrogen) atoms. The standard InChI is InChI=1S/C15H15BrN2O2/c16-12-4-2-1-3-10(12)7-8-18-14(11-5-6-11)9-13(17-18)15(19)20/h1-4,9,11H,5-8H2,(H,19,20). The first-order valence-corrected chi connectivity index (χ1v) is 7.49. The Labute approximate surface area is 125 Å². The summed E-state index contributed by atoms with van der Waals surface area (Å²) in [5.41, 5.74) is 2.43. The lowest BCUT2D eigenvalue weighted by Gasteiger charge is -2.08. The van der Waals surface area contributed by atoms with Crippen LogP contribution in [0, 0.1) is 0 Å². The number of aryl methyl sites for hydroxylation is 2. The minimum atomic E-state index is -0.952. The zero-order valence-corrected chi connectivity index (χ0v) is 12.5. The van der Waals surface area contributed by atoms with E-state index in [-0.39, 0.29) is 5.69 Å². The van der Waals surface area contributed by atoms with E-state index in [1.807, 2.05) is 22.9 Å². The van der Waals surface area contributed by atoms with Crippen LogP contribution < -0.4 is 0 Å². The van der Waals surface area contributed by atoms with Gasteiger partial charge in [-0.3, -0.25) is 4.68 Å². The van der Waals surface area contributed by atoms with Crippen molar-refractivity contribution in [3.63, 3.8) is 0 Å². The number of hydrogen-bond acceptors (Lipinski definition) is 2. The van der Waals surface area contributed by atoms with Crippen LogP contribution in [0.1, 0.15) is 40.5 Å². The molecule has 2 aromatic rings. The normalized spacial score (nSPS) is 14.4. The Balaban J connectivity index is 1.80. The first-order valence-electron chi connectivity index (χ1n) is 6.69. The summed E-state index contributed by atoms with van der Waals surface area (Å²) in [6.07, 6.45) is 3.11. The summed E-state index contributed by atoms with van der Waals surface area (Å²) < 4.78 is 2.94. The largest absolute Gasteiger partial charge is 0.476 e. The van der Waals surface area contributed by atoms with Crippen LogP contribution in [0.25, 0.3) is 0 Å². The molecule has 0 bridgehead atoms. The molecule has 0 spiro atoms. The van der Waals surface area contributed by atoms with Crippen molar-refractivity contribution in [2.45, 2.75) is 31.7 Å². The molecule has 1 N–H and O–H groups in total. The second-order valence-electron chi connectivity index (χ2n) is 5.10. The Kier molecular flexibility index (Phi) is 3.61. The van der Waals surface area contributed by atoms with E-state index in [0.717, 1.165) is 29.4 Å². The second kappa shape index (κ2) is 5.40. The van der Waals surface area contributed by atoms with Gasteiger partial charge in [-0.1, -0.05) is 34.1 Å². The van der Waals surface area contributed by atoms with Crippen LogP contribution in [0.4, 0.5) is 0 Å². The van der Waals surface area contributed by atoms with Crippen molar-refractivity contribution in [1.29, 1.82) is 0 Å². The lowest BCUT2D eigenvalue weighted by atomic mass is 10.1. The highest BCUT2D eigenvalue weighted by molar-refractivity contribution is 9.10. The number of hydrogen-bond donors (Lipinski definition) is 1. The van der Waals surface area contributed by atoms with Crippen molar-refractivity contribution in [3.8, 4) is 0 Å². The number of carboxylic acid groups (broad SMARTS) is 1. The third kappa shape index (κ3) is 2.77. The van der Waals surface area contributed by atoms with Crippen LogP contribution in [-0.4, -0.2) is 20.9 Å². The van der Waals surface area contributed by atoms with Gasteiger partial charge >= 0.3 is 5.97 Å². The number of carbonyl (C=O) groups is 1. The summed E-state index contributed by atoms with van der Waals surface area (Å²) in [6, 6.07) is 9.80. The van der Waals surface area contributed by atoms with Gasteiger partial charge in [0, 0.05) is 22.6 Å². The molecule has 0 saturated heterocycles. The molecular weight excluding hydrogens is 320 g/mol. The Morgan fingerprint density at radius 1 is 1.40 bits per heavy atom. The Morgan fingerprint density at radius 2 is 2.15 bits per heavy atom. The molecule has 104 valence electrons. The molecule has 1 fully saturated rings. The SMILES string of the molecule is O=C(O)c1cc(C2CC2)n(CCc2ccccc2Br)n1. The highest BCUT2D eigenvalue weighted by atomic mass is 79.9. The van der Waals surface area contributed by atoms with E-state index in [9.17, 15) is 4.79 Å². The first-order chi connectivity index (χ1) is 9.65. The van der Waals surface area contributed by atoms with Gasteiger partial charge in [0.2, 0.25) is 0 Å². The number of aromatic carboxylic acids is 1. The fraction of sp³-hybridized carbons (Fsp3) is 0.333. The van der Waals surface area contributed by atoms with Gasteiger partial charge in [-0.05, 0) is 37.0 Å². The Bertz CT molecular complexity index is 647. The first kappa shape index (κ1) is 13.4. The number of aromatic nitrogens is 2. The maximum atomic E-state index is 11.1. The molecule has 1 aliphatic rings. The molecule has 4 nitrogen and oxygen atoms in total. The van der Waals surface area contributed by atoms with E-state index < -0.39 is 5.97 Å². The van der Waals surface area contributed by atoms with E-state index in [4.69, 9.17) is 5.11 Å². The number of carboxylic acids is 1. The lowest BCUT2D eigenvalue weighted by molar-refractivity contribution is 0.0689. The minimum absolute atomic E-state index is 0.152. The van der Waals surface area contributed by atoms with Crippen LogP contribution in [0.3, 0.4) is 0 Å². The predicted octanol–water partition coefficient (Wildman–Crippen LogP) is 3.46. The van der Waals surface area contributed by atoms with Crippen LogP contribution in [0.15, 0.2) is 34.8 Å². The predicted molar refractivity (Wildman–Crippen MR) is 79.0 cm³/mol. The van der Waals surface area contributed by atoms with Gasteiger partial charge in [0.25, 0.3) is 0 Å². The summed E-state index contributed by atoms with van der Waals surface area (Å²) in [5.74, 6) is -0.457. The van der Waals surface area contributed by atoms with Gasteiger partial charge in [0.15, 0.2) is 5.69 Å². The molecule has 1 aliphatic carbocycles. The topological polar surface area (TPSA) is 55.1 Å². The van der Waals surface area contributed by atoms with E-state index >= 15 is 0 Å². The fourth-order valence-corrected chi connectivity index (χ4v) is 2.83. The van der Waals surface area contributed by atoms with E-state index in [2.05, 4.69) is 27.1 Å². The summed E-state index contributed by atoms with van der Waals surface area (Å²) >= 11 is 3.53. The van der Waals surface area contributed by atoms with Crippen molar-refractivity contribution < 1.29 is 9.90 Å². The van der Waals surface area contributed by atoms with Crippen molar-refractivity contribution in [3.05, 3.63) is 51.8 Å². The summed E-state index contributed by atoms with van der Waals surface area (Å²) in [6.45, 7) is 0.710. The number of halogens is 1. The average Bonchev–Trinajstić information content (AvgIpc) is 3.18. The third-order valence-corrected chi connectivity index (χ3v) is 4.35. The highest BCUT2D eigenvalue weighted by Gasteiger charge is 2.29. The molecule has 0 radical (unpaired) electrons. The van der Waals surface area contributed by atoms with Crippen LogP contribution in [0.2, 0.25) is 0 Å². The molecule has 0 aliphatic heterocycles. The molecule has 1 aromatic carbocycles. The number of benzene rings is 1. The quantitative estimate of drug-likeness (QED) is 0.910. The van der Waals surface area contributed by atoms with Gasteiger partial charge in [0.1, 0.15) is 0 Å². The van der Waals surface area contributed by atoms with E-state index in [0.29, 0.717) is 12.5 Å². The molecule has 5 heteroatoms. The van der Waals surface area contributed by atoms with Crippen LogP contribution >= 0.6 is 15.9 Å². The van der Waals surface area contributed by atoms with Crippen LogP contribution in [0.5, 0.6) is 0 Å². The van der Waals surface area contributed by atoms with Crippen molar-refractivity contribution >= 4 is 21.9 Å². The molecule has 1 saturated carbocycles. The molecule has 3 rings (SSSR count). The third-order valence-electron chi connectivity index (χ3n) is 3.58. The van der Waals surface area contributed by atoms with Gasteiger partial charge in [0.05, 0.1) is 0 Å². The summed E-state index contributed by atoms with van der Waals surface area (Å²) in [5, 5.41) is 13.3. The number of nitrogens with zero attached hydrogens (tertiary/aromatic N) is 2. The van der Waals surface area contributed by atoms with Gasteiger partial charge in [-0.2, -0.15) is 5.10 Å². The zero-order valence-electron chi connectivity index (χ0n) is 10.9. The smallest absolute Gasteiger partial charge is 0.356 e. The molecular formula is C15H15BrN2O2. The number of rotatable bonds is 5. The van der Waals surface area contributed by atoms with Gasteiger partial charge < -0.3 is 5.11 Å². The van der Waals surface area contributed by atoms with Gasteiger partial charge in [-0.25, -0.2) is 4.79 Å². The molecule has 1 heterocycles.